The van der Waals surface area contributed by atoms with Crippen molar-refractivity contribution >= 4 is 34.9 Å². The van der Waals surface area contributed by atoms with Crippen molar-refractivity contribution in [2.24, 2.45) is 7.05 Å². The third-order valence-corrected chi connectivity index (χ3v) is 7.53. The number of hydrogen-bond acceptors (Lipinski definition) is 6. The molecule has 2 aliphatic heterocycles. The molecule has 9 nitrogen and oxygen atoms in total. The Hall–Kier alpha value is -4.11. The molecule has 0 atom stereocenters. The van der Waals surface area contributed by atoms with E-state index in [0.717, 1.165) is 73.3 Å². The first-order valence-corrected chi connectivity index (χ1v) is 12.9. The zero-order chi connectivity index (χ0) is 24.9. The van der Waals surface area contributed by atoms with Crippen molar-refractivity contribution < 1.29 is 0 Å². The lowest BCUT2D eigenvalue weighted by Gasteiger charge is -2.30. The average molecular weight is 512 g/mol. The molecule has 1 aromatic carbocycles. The van der Waals surface area contributed by atoms with Gasteiger partial charge in [0.15, 0.2) is 5.82 Å². The molecule has 4 aromatic heterocycles. The van der Waals surface area contributed by atoms with E-state index in [1.54, 1.807) is 17.1 Å². The van der Waals surface area contributed by atoms with E-state index in [4.69, 9.17) is 21.8 Å². The molecule has 0 aliphatic carbocycles. The van der Waals surface area contributed by atoms with Crippen molar-refractivity contribution in [3.63, 3.8) is 0 Å². The van der Waals surface area contributed by atoms with Crippen molar-refractivity contribution in [3.8, 4) is 22.6 Å². The summed E-state index contributed by atoms with van der Waals surface area (Å²) in [7, 11) is 1.89. The minimum Gasteiger partial charge on any atom is -0.344 e. The Labute approximate surface area is 219 Å². The van der Waals surface area contributed by atoms with Crippen molar-refractivity contribution in [1.29, 1.82) is 0 Å². The molecule has 10 heteroatoms. The van der Waals surface area contributed by atoms with Crippen LogP contribution in [-0.2, 0) is 26.6 Å². The first-order chi connectivity index (χ1) is 18.2. The van der Waals surface area contributed by atoms with Crippen LogP contribution >= 0.6 is 11.6 Å². The minimum atomic E-state index is 0.600. The quantitative estimate of drug-likeness (QED) is 0.346. The Morgan fingerprint density at radius 3 is 2.81 bits per heavy atom. The first kappa shape index (κ1) is 22.1. The van der Waals surface area contributed by atoms with Crippen molar-refractivity contribution in [2.75, 3.05) is 16.8 Å². The highest BCUT2D eigenvalue weighted by Gasteiger charge is 2.27. The number of aryl methyl sites for hydroxylation is 3. The lowest BCUT2D eigenvalue weighted by Crippen LogP contribution is -2.27. The summed E-state index contributed by atoms with van der Waals surface area (Å²) in [6.45, 7) is 2.72. The van der Waals surface area contributed by atoms with Crippen LogP contribution in [0, 0.1) is 0 Å². The molecular weight excluding hydrogens is 486 g/mol. The molecule has 2 aliphatic rings. The predicted octanol–water partition coefficient (Wildman–Crippen LogP) is 5.43. The Kier molecular flexibility index (Phi) is 5.24. The van der Waals surface area contributed by atoms with Gasteiger partial charge in [0.2, 0.25) is 5.95 Å². The average Bonchev–Trinajstić information content (AvgIpc) is 3.61. The summed E-state index contributed by atoms with van der Waals surface area (Å²) in [5, 5.41) is 17.5. The van der Waals surface area contributed by atoms with Gasteiger partial charge in [0.1, 0.15) is 11.6 Å². The smallest absolute Gasteiger partial charge is 0.232 e. The van der Waals surface area contributed by atoms with E-state index in [0.29, 0.717) is 10.8 Å². The minimum absolute atomic E-state index is 0.600. The summed E-state index contributed by atoms with van der Waals surface area (Å²) in [6, 6.07) is 14.7. The highest BCUT2D eigenvalue weighted by molar-refractivity contribution is 6.33. The van der Waals surface area contributed by atoms with E-state index in [-0.39, 0.29) is 0 Å². The van der Waals surface area contributed by atoms with Gasteiger partial charge in [-0.05, 0) is 43.0 Å². The number of rotatable bonds is 4. The van der Waals surface area contributed by atoms with Crippen LogP contribution in [0.5, 0.6) is 0 Å². The zero-order valence-corrected chi connectivity index (χ0v) is 21.2. The van der Waals surface area contributed by atoms with Crippen LogP contribution in [0.4, 0.5) is 23.3 Å². The van der Waals surface area contributed by atoms with Gasteiger partial charge in [0.05, 0.1) is 16.9 Å². The molecule has 37 heavy (non-hydrogen) atoms. The molecule has 0 fully saturated rings. The maximum absolute atomic E-state index is 6.64. The maximum atomic E-state index is 6.64. The largest absolute Gasteiger partial charge is 0.344 e. The fourth-order valence-corrected chi connectivity index (χ4v) is 5.63. The molecule has 0 saturated carbocycles. The van der Waals surface area contributed by atoms with Gasteiger partial charge in [0, 0.05) is 62.0 Å². The Bertz CT molecular complexity index is 1610. The number of hydrogen-bond donors (Lipinski definition) is 1. The Morgan fingerprint density at radius 2 is 1.92 bits per heavy atom. The van der Waals surface area contributed by atoms with Gasteiger partial charge in [-0.1, -0.05) is 29.8 Å². The van der Waals surface area contributed by atoms with Gasteiger partial charge >= 0.3 is 0 Å². The molecule has 5 aromatic rings. The summed E-state index contributed by atoms with van der Waals surface area (Å²) in [5.74, 6) is 3.37. The summed E-state index contributed by atoms with van der Waals surface area (Å²) in [4.78, 5) is 6.79. The summed E-state index contributed by atoms with van der Waals surface area (Å²) in [5.41, 5.74) is 5.59. The number of benzene rings is 1. The van der Waals surface area contributed by atoms with Gasteiger partial charge in [-0.25, -0.2) is 4.98 Å². The van der Waals surface area contributed by atoms with Crippen molar-refractivity contribution in [2.45, 2.75) is 32.4 Å². The third kappa shape index (κ3) is 3.77. The second-order valence-corrected chi connectivity index (χ2v) is 9.94. The molecular formula is C27H26ClN9. The second-order valence-electron chi connectivity index (χ2n) is 9.53. The molecule has 0 saturated heterocycles. The van der Waals surface area contributed by atoms with E-state index in [2.05, 4.69) is 66.0 Å². The molecule has 7 rings (SSSR count). The number of anilines is 4. The number of nitrogens with one attached hydrogen (secondary N) is 1. The fraction of sp³-hybridized carbons (Fsp3) is 0.259. The molecule has 0 bridgehead atoms. The van der Waals surface area contributed by atoms with Gasteiger partial charge in [-0.2, -0.15) is 5.10 Å². The van der Waals surface area contributed by atoms with Gasteiger partial charge in [0.25, 0.3) is 0 Å². The summed E-state index contributed by atoms with van der Waals surface area (Å²) >= 11 is 6.64. The number of nitrogens with zero attached hydrogens (tertiary/aromatic N) is 8. The lowest BCUT2D eigenvalue weighted by atomic mass is 10.0. The molecule has 0 spiro atoms. The van der Waals surface area contributed by atoms with E-state index < -0.39 is 0 Å². The monoisotopic (exact) mass is 511 g/mol. The van der Waals surface area contributed by atoms with Crippen LogP contribution in [0.15, 0.2) is 61.1 Å². The van der Waals surface area contributed by atoms with E-state index >= 15 is 0 Å². The van der Waals surface area contributed by atoms with Gasteiger partial charge in [-0.3, -0.25) is 9.25 Å². The fourth-order valence-electron chi connectivity index (χ4n) is 5.42. The van der Waals surface area contributed by atoms with Crippen LogP contribution in [0.3, 0.4) is 0 Å². The molecule has 1 N–H and O–H groups in total. The molecule has 0 radical (unpaired) electrons. The van der Waals surface area contributed by atoms with Gasteiger partial charge in [-0.15, -0.1) is 10.2 Å². The Morgan fingerprint density at radius 1 is 1.00 bits per heavy atom. The molecule has 0 amide bonds. The van der Waals surface area contributed by atoms with Crippen LogP contribution < -0.4 is 10.2 Å². The van der Waals surface area contributed by atoms with Crippen molar-refractivity contribution in [1.82, 2.24) is 34.1 Å². The van der Waals surface area contributed by atoms with E-state index in [9.17, 15) is 0 Å². The maximum Gasteiger partial charge on any atom is 0.232 e. The van der Waals surface area contributed by atoms with Crippen LogP contribution in [0.2, 0.25) is 5.02 Å². The molecule has 186 valence electrons. The summed E-state index contributed by atoms with van der Waals surface area (Å²) < 4.78 is 6.30. The van der Waals surface area contributed by atoms with E-state index in [1.165, 1.54) is 11.3 Å². The standard InChI is InChI=1S/C27H26ClN9/c1-34-25(9-10-30-34)31-24-15-20(21(28)16-29-24)19-14-23-26-32-33-27(37(26)13-5-11-35(23)17-19)36-12-4-7-18-6-2-3-8-22(18)36/h2-3,6,8-10,14-17H,4-5,7,11-13H2,1H3,(H,29,31). The summed E-state index contributed by atoms with van der Waals surface area (Å²) in [6.07, 6.45) is 8.79. The highest BCUT2D eigenvalue weighted by atomic mass is 35.5. The van der Waals surface area contributed by atoms with Crippen LogP contribution in [0.25, 0.3) is 22.6 Å². The third-order valence-electron chi connectivity index (χ3n) is 7.23. The number of halogens is 1. The number of aromatic nitrogens is 7. The first-order valence-electron chi connectivity index (χ1n) is 12.6. The SMILES string of the molecule is Cn1nccc1Nc1cc(-c2cc3n(c2)CCCn2c-3nnc2N2CCCc3ccccc32)c(Cl)cn1. The molecule has 0 unspecified atom stereocenters. The lowest BCUT2D eigenvalue weighted by molar-refractivity contribution is 0.589. The number of fused-ring (bicyclic) bond motifs is 4. The number of pyridine rings is 1. The molecule has 6 heterocycles. The second kappa shape index (κ2) is 8.77. The highest BCUT2D eigenvalue weighted by Crippen LogP contribution is 2.38. The van der Waals surface area contributed by atoms with E-state index in [1.807, 2.05) is 19.2 Å². The Balaban J connectivity index is 1.27. The van der Waals surface area contributed by atoms with Crippen LogP contribution in [-0.4, -0.2) is 40.6 Å². The topological polar surface area (TPSA) is 81.6 Å². The van der Waals surface area contributed by atoms with Gasteiger partial charge < -0.3 is 14.8 Å². The number of para-hydroxylation sites is 1. The zero-order valence-electron chi connectivity index (χ0n) is 20.5. The normalized spacial score (nSPS) is 14.6. The van der Waals surface area contributed by atoms with Crippen molar-refractivity contribution in [3.05, 3.63) is 71.6 Å². The predicted molar refractivity (Wildman–Crippen MR) is 145 cm³/mol. The van der Waals surface area contributed by atoms with Crippen LogP contribution in [0.1, 0.15) is 18.4 Å².